The molecule has 0 spiro atoms. The minimum absolute atomic E-state index is 0.131. The van der Waals surface area contributed by atoms with Crippen LogP contribution >= 0.6 is 22.7 Å². The monoisotopic (exact) mass is 467 g/mol. The Balaban J connectivity index is 0.000000140. The lowest BCUT2D eigenvalue weighted by molar-refractivity contribution is 0.100. The smallest absolute Gasteiger partial charge is 0.249 e. The van der Waals surface area contributed by atoms with Gasteiger partial charge in [0.1, 0.15) is 0 Å². The van der Waals surface area contributed by atoms with Crippen LogP contribution in [0.25, 0.3) is 40.3 Å². The van der Waals surface area contributed by atoms with E-state index in [4.69, 9.17) is 5.73 Å². The molecule has 33 heavy (non-hydrogen) atoms. The second-order valence-corrected chi connectivity index (χ2v) is 9.56. The molecule has 0 aliphatic heterocycles. The Hall–Kier alpha value is -3.87. The lowest BCUT2D eigenvalue weighted by Gasteiger charge is -2.03. The third-order valence-electron chi connectivity index (χ3n) is 5.35. The van der Waals surface area contributed by atoms with Crippen LogP contribution < -0.4 is 16.6 Å². The first-order chi connectivity index (χ1) is 16.0. The molecule has 0 saturated heterocycles. The Morgan fingerprint density at radius 1 is 0.545 bits per heavy atom. The number of hydrogen-bond donors (Lipinski definition) is 1. The summed E-state index contributed by atoms with van der Waals surface area (Å²) in [6, 6.07) is 28.1. The molecular weight excluding hydrogens is 450 g/mol. The molecule has 4 aromatic carbocycles. The third kappa shape index (κ3) is 3.80. The predicted octanol–water partition coefficient (Wildman–Crippen LogP) is 5.93. The predicted molar refractivity (Wildman–Crippen MR) is 140 cm³/mol. The van der Waals surface area contributed by atoms with E-state index < -0.39 is 5.91 Å². The minimum atomic E-state index is -0.569. The molecule has 1 amide bonds. The van der Waals surface area contributed by atoms with Gasteiger partial charge in [-0.15, -0.1) is 22.7 Å². The minimum Gasteiger partial charge on any atom is -0.366 e. The summed E-state index contributed by atoms with van der Waals surface area (Å²) in [7, 11) is 0. The number of carbonyl (C=O) groups is 1. The molecule has 4 nitrogen and oxygen atoms in total. The topological polar surface area (TPSA) is 77.2 Å². The first-order valence-electron chi connectivity index (χ1n) is 10.2. The summed E-state index contributed by atoms with van der Waals surface area (Å²) in [4.78, 5) is 35.9. The van der Waals surface area contributed by atoms with E-state index in [9.17, 15) is 14.4 Å². The van der Waals surface area contributed by atoms with Gasteiger partial charge in [0.05, 0.1) is 10.9 Å². The van der Waals surface area contributed by atoms with E-state index in [2.05, 4.69) is 0 Å². The van der Waals surface area contributed by atoms with E-state index in [-0.39, 0.29) is 10.9 Å². The first kappa shape index (κ1) is 21.0. The number of nitrogens with two attached hydrogens (primary N) is 1. The SMILES string of the molecule is NC(=O)c1cccc2sc3ccccc3c(=O)c12.O=c1c2ccccc2sc2ccccc12. The molecule has 2 aromatic heterocycles. The number of primary amides is 1. The van der Waals surface area contributed by atoms with Crippen molar-refractivity contribution in [3.63, 3.8) is 0 Å². The summed E-state index contributed by atoms with van der Waals surface area (Å²) in [5, 5.41) is 2.69. The lowest BCUT2D eigenvalue weighted by atomic mass is 10.1. The number of amides is 1. The van der Waals surface area contributed by atoms with Gasteiger partial charge in [0.25, 0.3) is 0 Å². The van der Waals surface area contributed by atoms with Crippen LogP contribution in [-0.4, -0.2) is 5.91 Å². The van der Waals surface area contributed by atoms with E-state index in [0.29, 0.717) is 16.3 Å². The summed E-state index contributed by atoms with van der Waals surface area (Å²) in [6.45, 7) is 0. The first-order valence-corrected chi connectivity index (χ1v) is 11.8. The van der Waals surface area contributed by atoms with E-state index in [0.717, 1.165) is 29.6 Å². The summed E-state index contributed by atoms with van der Waals surface area (Å²) in [5.41, 5.74) is 5.62. The molecule has 6 aromatic rings. The van der Waals surface area contributed by atoms with Crippen LogP contribution in [0.3, 0.4) is 0 Å². The van der Waals surface area contributed by atoms with E-state index >= 15 is 0 Å². The van der Waals surface area contributed by atoms with Gasteiger partial charge in [0, 0.05) is 35.0 Å². The highest BCUT2D eigenvalue weighted by Crippen LogP contribution is 2.26. The van der Waals surface area contributed by atoms with Gasteiger partial charge in [-0.3, -0.25) is 14.4 Å². The molecule has 6 heteroatoms. The summed E-state index contributed by atoms with van der Waals surface area (Å²) in [5.74, 6) is -0.569. The fraction of sp³-hybridized carbons (Fsp3) is 0. The van der Waals surface area contributed by atoms with Crippen molar-refractivity contribution in [2.24, 2.45) is 5.73 Å². The van der Waals surface area contributed by atoms with Crippen molar-refractivity contribution < 1.29 is 4.79 Å². The quantitative estimate of drug-likeness (QED) is 0.305. The van der Waals surface area contributed by atoms with Crippen molar-refractivity contribution in [3.05, 3.63) is 117 Å². The largest absolute Gasteiger partial charge is 0.366 e. The molecule has 0 atom stereocenters. The Morgan fingerprint density at radius 2 is 0.970 bits per heavy atom. The molecule has 0 aliphatic carbocycles. The molecule has 0 radical (unpaired) electrons. The van der Waals surface area contributed by atoms with Crippen LogP contribution in [0.5, 0.6) is 0 Å². The molecule has 2 N–H and O–H groups in total. The maximum absolute atomic E-state index is 12.4. The zero-order valence-electron chi connectivity index (χ0n) is 17.3. The molecule has 0 saturated carbocycles. The van der Waals surface area contributed by atoms with E-state index in [1.165, 1.54) is 11.3 Å². The third-order valence-corrected chi connectivity index (χ3v) is 7.64. The standard InChI is InChI=1S/C14H9NO2S.C13H8OS/c15-14(17)9-5-3-7-11-12(9)13(16)8-4-1-2-6-10(8)18-11;14-13-9-5-1-3-7-11(9)15-12-8-4-2-6-10(12)13/h1-7H,(H2,15,17);1-8H. The van der Waals surface area contributed by atoms with Gasteiger partial charge in [-0.25, -0.2) is 0 Å². The average molecular weight is 468 g/mol. The summed E-state index contributed by atoms with van der Waals surface area (Å²) < 4.78 is 3.81. The molecule has 0 aliphatic rings. The lowest BCUT2D eigenvalue weighted by Crippen LogP contribution is -2.15. The number of fused-ring (bicyclic) bond motifs is 4. The Kier molecular flexibility index (Phi) is 5.46. The zero-order valence-corrected chi connectivity index (χ0v) is 18.9. The van der Waals surface area contributed by atoms with Crippen LogP contribution in [0.1, 0.15) is 10.4 Å². The van der Waals surface area contributed by atoms with Crippen LogP contribution in [0.4, 0.5) is 0 Å². The highest BCUT2D eigenvalue weighted by atomic mass is 32.1. The number of hydrogen-bond acceptors (Lipinski definition) is 5. The second-order valence-electron chi connectivity index (χ2n) is 7.39. The number of benzene rings is 4. The van der Waals surface area contributed by atoms with Crippen molar-refractivity contribution >= 4 is 68.9 Å². The van der Waals surface area contributed by atoms with Crippen molar-refractivity contribution in [2.45, 2.75) is 0 Å². The van der Waals surface area contributed by atoms with Crippen LogP contribution in [0.2, 0.25) is 0 Å². The van der Waals surface area contributed by atoms with Gasteiger partial charge in [-0.05, 0) is 48.5 Å². The van der Waals surface area contributed by atoms with Gasteiger partial charge in [-0.2, -0.15) is 0 Å². The summed E-state index contributed by atoms with van der Waals surface area (Å²) in [6.07, 6.45) is 0. The van der Waals surface area contributed by atoms with Gasteiger partial charge >= 0.3 is 0 Å². The van der Waals surface area contributed by atoms with Crippen molar-refractivity contribution in [1.29, 1.82) is 0 Å². The van der Waals surface area contributed by atoms with Crippen molar-refractivity contribution in [2.75, 3.05) is 0 Å². The summed E-state index contributed by atoms with van der Waals surface area (Å²) >= 11 is 3.15. The molecule has 160 valence electrons. The molecule has 6 rings (SSSR count). The molecule has 0 bridgehead atoms. The Bertz CT molecular complexity index is 1740. The Labute approximate surface area is 196 Å². The normalized spacial score (nSPS) is 10.9. The molecule has 2 heterocycles. The van der Waals surface area contributed by atoms with Crippen LogP contribution in [0, 0.1) is 0 Å². The van der Waals surface area contributed by atoms with Crippen molar-refractivity contribution in [3.8, 4) is 0 Å². The molecule has 0 fully saturated rings. The molecular formula is C27H17NO3S2. The van der Waals surface area contributed by atoms with Gasteiger partial charge in [0.2, 0.25) is 5.91 Å². The van der Waals surface area contributed by atoms with Crippen molar-refractivity contribution in [1.82, 2.24) is 0 Å². The van der Waals surface area contributed by atoms with Crippen LogP contribution in [0.15, 0.2) is 101 Å². The fourth-order valence-corrected chi connectivity index (χ4v) is 5.98. The maximum atomic E-state index is 12.4. The van der Waals surface area contributed by atoms with Gasteiger partial charge < -0.3 is 5.73 Å². The van der Waals surface area contributed by atoms with E-state index in [1.807, 2.05) is 72.8 Å². The van der Waals surface area contributed by atoms with Gasteiger partial charge in [-0.1, -0.05) is 42.5 Å². The number of rotatable bonds is 1. The Morgan fingerprint density at radius 3 is 1.48 bits per heavy atom. The number of carbonyl (C=O) groups excluding carboxylic acids is 1. The highest BCUT2D eigenvalue weighted by molar-refractivity contribution is 7.25. The molecule has 0 unspecified atom stereocenters. The fourth-order valence-electron chi connectivity index (χ4n) is 3.80. The maximum Gasteiger partial charge on any atom is 0.249 e. The highest BCUT2D eigenvalue weighted by Gasteiger charge is 2.12. The van der Waals surface area contributed by atoms with Gasteiger partial charge in [0.15, 0.2) is 10.9 Å². The zero-order chi connectivity index (χ0) is 22.9. The van der Waals surface area contributed by atoms with Crippen LogP contribution in [-0.2, 0) is 0 Å². The average Bonchev–Trinajstić information content (AvgIpc) is 2.84. The second kappa shape index (κ2) is 8.58. The van der Waals surface area contributed by atoms with E-state index in [1.54, 1.807) is 29.5 Å².